The van der Waals surface area contributed by atoms with Gasteiger partial charge in [-0.1, -0.05) is 20.8 Å². The monoisotopic (exact) mass is 176 g/mol. The molecule has 0 heterocycles. The molecule has 0 N–H and O–H groups in total. The molecule has 0 spiro atoms. The van der Waals surface area contributed by atoms with Gasteiger partial charge < -0.3 is 8.85 Å². The highest BCUT2D eigenvalue weighted by molar-refractivity contribution is 6.44. The first-order chi connectivity index (χ1) is 4.99. The molecule has 11 heavy (non-hydrogen) atoms. The van der Waals surface area contributed by atoms with E-state index >= 15 is 0 Å². The largest absolute Gasteiger partial charge is 0.400 e. The van der Waals surface area contributed by atoms with Crippen LogP contribution in [-0.2, 0) is 8.85 Å². The van der Waals surface area contributed by atoms with Crippen LogP contribution in [0.5, 0.6) is 0 Å². The molecule has 0 saturated carbocycles. The Morgan fingerprint density at radius 1 is 1.27 bits per heavy atom. The fourth-order valence-electron chi connectivity index (χ4n) is 0.896. The molecule has 0 radical (unpaired) electrons. The topological polar surface area (TPSA) is 18.5 Å². The molecule has 1 atom stereocenters. The Bertz CT molecular complexity index is 98.8. The van der Waals surface area contributed by atoms with Gasteiger partial charge in [0.1, 0.15) is 0 Å². The smallest absolute Gasteiger partial charge is 0.321 e. The van der Waals surface area contributed by atoms with E-state index in [4.69, 9.17) is 8.85 Å². The van der Waals surface area contributed by atoms with E-state index in [1.54, 1.807) is 7.11 Å². The van der Waals surface area contributed by atoms with E-state index in [0.717, 1.165) is 12.7 Å². The third kappa shape index (κ3) is 6.53. The Morgan fingerprint density at radius 3 is 2.09 bits per heavy atom. The van der Waals surface area contributed by atoms with E-state index in [9.17, 15) is 0 Å². The van der Waals surface area contributed by atoms with Crippen LogP contribution in [0.4, 0.5) is 0 Å². The number of rotatable bonds is 4. The van der Waals surface area contributed by atoms with Crippen LogP contribution in [0.25, 0.3) is 0 Å². The van der Waals surface area contributed by atoms with Crippen LogP contribution < -0.4 is 0 Å². The van der Waals surface area contributed by atoms with E-state index in [2.05, 4.69) is 20.8 Å². The maximum Gasteiger partial charge on any atom is 0.321 e. The molecule has 0 aromatic rings. The quantitative estimate of drug-likeness (QED) is 0.609. The van der Waals surface area contributed by atoms with Crippen molar-refractivity contribution in [1.82, 2.24) is 0 Å². The molecule has 0 aliphatic rings. The predicted molar refractivity (Wildman–Crippen MR) is 50.0 cm³/mol. The minimum atomic E-state index is -1.34. The minimum Gasteiger partial charge on any atom is -0.400 e. The molecular formula is C8H20O2Si. The third-order valence-corrected chi connectivity index (χ3v) is 4.18. The van der Waals surface area contributed by atoms with Crippen LogP contribution >= 0.6 is 0 Å². The zero-order chi connectivity index (χ0) is 8.91. The molecule has 3 heteroatoms. The van der Waals surface area contributed by atoms with Gasteiger partial charge in [0.2, 0.25) is 0 Å². The molecular weight excluding hydrogens is 156 g/mol. The van der Waals surface area contributed by atoms with Crippen LogP contribution in [-0.4, -0.2) is 23.0 Å². The normalized spacial score (nSPS) is 15.0. The Labute approximate surface area is 71.7 Å². The van der Waals surface area contributed by atoms with Crippen molar-refractivity contribution in [3.63, 3.8) is 0 Å². The van der Waals surface area contributed by atoms with Gasteiger partial charge in [0.15, 0.2) is 0 Å². The van der Waals surface area contributed by atoms with Crippen LogP contribution in [0.15, 0.2) is 0 Å². The lowest BCUT2D eigenvalue weighted by Gasteiger charge is -2.22. The molecule has 68 valence electrons. The number of hydrogen-bond acceptors (Lipinski definition) is 2. The van der Waals surface area contributed by atoms with Gasteiger partial charge in [0, 0.05) is 13.7 Å². The SMILES string of the molecule is CCO[SiH](CC(C)(C)C)OC. The van der Waals surface area contributed by atoms with E-state index in [1.807, 2.05) is 6.92 Å². The second kappa shape index (κ2) is 4.90. The Morgan fingerprint density at radius 2 is 1.82 bits per heavy atom. The van der Waals surface area contributed by atoms with Gasteiger partial charge in [-0.25, -0.2) is 0 Å². The lowest BCUT2D eigenvalue weighted by atomic mass is 10.0. The maximum atomic E-state index is 5.48. The average Bonchev–Trinajstić information content (AvgIpc) is 1.84. The standard InChI is InChI=1S/C8H20O2Si/c1-6-10-11(9-5)7-8(2,3)4/h11H,6-7H2,1-5H3. The summed E-state index contributed by atoms with van der Waals surface area (Å²) in [5, 5.41) is 0. The minimum absolute atomic E-state index is 0.335. The highest BCUT2D eigenvalue weighted by Crippen LogP contribution is 2.21. The summed E-state index contributed by atoms with van der Waals surface area (Å²) in [6.07, 6.45) is 0. The van der Waals surface area contributed by atoms with Crippen molar-refractivity contribution in [1.29, 1.82) is 0 Å². The first-order valence-electron chi connectivity index (χ1n) is 4.14. The molecule has 0 rings (SSSR count). The lowest BCUT2D eigenvalue weighted by molar-refractivity contribution is 0.227. The summed E-state index contributed by atoms with van der Waals surface area (Å²) < 4.78 is 10.8. The first kappa shape index (κ1) is 11.1. The molecule has 1 unspecified atom stereocenters. The van der Waals surface area contributed by atoms with Crippen LogP contribution in [0.3, 0.4) is 0 Å². The van der Waals surface area contributed by atoms with E-state index in [0.29, 0.717) is 5.41 Å². The first-order valence-corrected chi connectivity index (χ1v) is 5.90. The maximum absolute atomic E-state index is 5.48. The van der Waals surface area contributed by atoms with Crippen LogP contribution in [0, 0.1) is 5.41 Å². The van der Waals surface area contributed by atoms with Gasteiger partial charge in [-0.15, -0.1) is 0 Å². The van der Waals surface area contributed by atoms with Crippen molar-refractivity contribution in [3.05, 3.63) is 0 Å². The highest BCUT2D eigenvalue weighted by atomic mass is 28.3. The summed E-state index contributed by atoms with van der Waals surface area (Å²) >= 11 is 0. The summed E-state index contributed by atoms with van der Waals surface area (Å²) in [4.78, 5) is 0. The van der Waals surface area contributed by atoms with Gasteiger partial charge in [-0.05, 0) is 18.4 Å². The van der Waals surface area contributed by atoms with Gasteiger partial charge in [-0.2, -0.15) is 0 Å². The average molecular weight is 176 g/mol. The molecule has 0 aliphatic carbocycles. The summed E-state index contributed by atoms with van der Waals surface area (Å²) in [5.74, 6) is 0. The fourth-order valence-corrected chi connectivity index (χ4v) is 2.69. The van der Waals surface area contributed by atoms with Gasteiger partial charge >= 0.3 is 9.28 Å². The van der Waals surface area contributed by atoms with E-state index in [1.165, 1.54) is 0 Å². The molecule has 0 fully saturated rings. The van der Waals surface area contributed by atoms with Crippen molar-refractivity contribution in [2.24, 2.45) is 5.41 Å². The van der Waals surface area contributed by atoms with Gasteiger partial charge in [-0.3, -0.25) is 0 Å². The van der Waals surface area contributed by atoms with Crippen LogP contribution in [0.1, 0.15) is 27.7 Å². The fraction of sp³-hybridized carbons (Fsp3) is 1.00. The zero-order valence-corrected chi connectivity index (χ0v) is 9.46. The Balaban J connectivity index is 3.68. The van der Waals surface area contributed by atoms with Crippen molar-refractivity contribution >= 4 is 9.28 Å². The molecule has 0 aliphatic heterocycles. The predicted octanol–water partition coefficient (Wildman–Crippen LogP) is 1.94. The van der Waals surface area contributed by atoms with Crippen molar-refractivity contribution < 1.29 is 8.85 Å². The van der Waals surface area contributed by atoms with Crippen molar-refractivity contribution in [2.45, 2.75) is 33.7 Å². The molecule has 2 nitrogen and oxygen atoms in total. The summed E-state index contributed by atoms with van der Waals surface area (Å²) in [5.41, 5.74) is 0.335. The molecule has 0 aromatic carbocycles. The van der Waals surface area contributed by atoms with Gasteiger partial charge in [0.25, 0.3) is 0 Å². The van der Waals surface area contributed by atoms with Crippen molar-refractivity contribution in [3.8, 4) is 0 Å². The summed E-state index contributed by atoms with van der Waals surface area (Å²) in [7, 11) is 0.410. The Hall–Kier alpha value is 0.137. The van der Waals surface area contributed by atoms with Crippen molar-refractivity contribution in [2.75, 3.05) is 13.7 Å². The summed E-state index contributed by atoms with van der Waals surface area (Å²) in [6, 6.07) is 1.08. The van der Waals surface area contributed by atoms with Gasteiger partial charge in [0.05, 0.1) is 0 Å². The summed E-state index contributed by atoms with van der Waals surface area (Å²) in [6.45, 7) is 9.43. The second-order valence-electron chi connectivity index (χ2n) is 3.89. The zero-order valence-electron chi connectivity index (χ0n) is 8.31. The highest BCUT2D eigenvalue weighted by Gasteiger charge is 2.20. The van der Waals surface area contributed by atoms with E-state index in [-0.39, 0.29) is 0 Å². The number of hydrogen-bond donors (Lipinski definition) is 0. The molecule has 0 saturated heterocycles. The van der Waals surface area contributed by atoms with E-state index < -0.39 is 9.28 Å². The third-order valence-electron chi connectivity index (χ3n) is 1.39. The lowest BCUT2D eigenvalue weighted by Crippen LogP contribution is -2.26. The molecule has 0 amide bonds. The van der Waals surface area contributed by atoms with Crippen LogP contribution in [0.2, 0.25) is 6.04 Å². The second-order valence-corrected chi connectivity index (χ2v) is 5.96. The molecule has 0 bridgehead atoms. The molecule has 0 aromatic heterocycles. The Kier molecular flexibility index (Phi) is 4.96.